The van der Waals surface area contributed by atoms with E-state index >= 15 is 0 Å². The second kappa shape index (κ2) is 7.36. The van der Waals surface area contributed by atoms with Crippen molar-refractivity contribution in [1.29, 1.82) is 0 Å². The summed E-state index contributed by atoms with van der Waals surface area (Å²) in [6.45, 7) is -0.0219. The molecule has 2 rings (SSSR count). The van der Waals surface area contributed by atoms with Crippen LogP contribution in [0.2, 0.25) is 0 Å². The molecule has 1 amide bonds. The van der Waals surface area contributed by atoms with E-state index in [-0.39, 0.29) is 12.5 Å². The fourth-order valence-electron chi connectivity index (χ4n) is 1.86. The molecule has 1 aliphatic rings. The van der Waals surface area contributed by atoms with Crippen LogP contribution in [0, 0.1) is 5.92 Å². The van der Waals surface area contributed by atoms with E-state index in [1.165, 1.54) is 0 Å². The average Bonchev–Trinajstić information content (AvgIpc) is 2.47. The average molecular weight is 258 g/mol. The van der Waals surface area contributed by atoms with E-state index in [4.69, 9.17) is 4.74 Å². The molecule has 0 spiro atoms. The first-order valence-corrected chi connectivity index (χ1v) is 6.49. The largest absolute Gasteiger partial charge is 0.484 e. The number of amides is 1. The summed E-state index contributed by atoms with van der Waals surface area (Å²) in [5.41, 5.74) is 2.48. The van der Waals surface area contributed by atoms with Gasteiger partial charge in [0.2, 0.25) is 0 Å². The summed E-state index contributed by atoms with van der Waals surface area (Å²) >= 11 is 0. The Kier molecular flexibility index (Phi) is 5.17. The summed E-state index contributed by atoms with van der Waals surface area (Å²) in [7, 11) is 0. The third-order valence-electron chi connectivity index (χ3n) is 2.90. The van der Waals surface area contributed by atoms with Gasteiger partial charge in [0, 0.05) is 6.21 Å². The normalized spacial score (nSPS) is 18.4. The lowest BCUT2D eigenvalue weighted by atomic mass is 9.96. The Bertz CT molecular complexity index is 454. The molecule has 100 valence electrons. The van der Waals surface area contributed by atoms with Gasteiger partial charge in [-0.25, -0.2) is 5.43 Å². The minimum Gasteiger partial charge on any atom is -0.484 e. The summed E-state index contributed by atoms with van der Waals surface area (Å²) < 4.78 is 5.31. The summed E-state index contributed by atoms with van der Waals surface area (Å²) in [6, 6.07) is 9.25. The number of nitrogens with one attached hydrogen (secondary N) is 1. The number of benzene rings is 1. The molecule has 1 unspecified atom stereocenters. The fourth-order valence-corrected chi connectivity index (χ4v) is 1.86. The highest BCUT2D eigenvalue weighted by Gasteiger charge is 2.06. The van der Waals surface area contributed by atoms with Crippen molar-refractivity contribution in [3.8, 4) is 5.75 Å². The van der Waals surface area contributed by atoms with Crippen LogP contribution in [0.15, 0.2) is 47.6 Å². The van der Waals surface area contributed by atoms with E-state index in [0.29, 0.717) is 11.7 Å². The third-order valence-corrected chi connectivity index (χ3v) is 2.90. The molecule has 1 aromatic carbocycles. The molecular formula is C15H18N2O2. The molecule has 0 bridgehead atoms. The molecule has 1 aromatic rings. The van der Waals surface area contributed by atoms with Crippen molar-refractivity contribution in [3.63, 3.8) is 0 Å². The molecule has 1 N–H and O–H groups in total. The van der Waals surface area contributed by atoms with E-state index in [1.807, 2.05) is 36.5 Å². The van der Waals surface area contributed by atoms with Crippen molar-refractivity contribution in [1.82, 2.24) is 5.43 Å². The molecule has 0 saturated heterocycles. The van der Waals surface area contributed by atoms with Gasteiger partial charge < -0.3 is 4.74 Å². The SMILES string of the molecule is O=C(COc1ccccc1)NN=CC1CC=CCC1. The molecule has 1 atom stereocenters. The van der Waals surface area contributed by atoms with Gasteiger partial charge in [0.15, 0.2) is 6.61 Å². The molecular weight excluding hydrogens is 240 g/mol. The number of rotatable bonds is 5. The Balaban J connectivity index is 1.67. The van der Waals surface area contributed by atoms with E-state index in [9.17, 15) is 4.79 Å². The van der Waals surface area contributed by atoms with Gasteiger partial charge in [-0.1, -0.05) is 30.4 Å². The molecule has 0 radical (unpaired) electrons. The highest BCUT2D eigenvalue weighted by Crippen LogP contribution is 2.15. The smallest absolute Gasteiger partial charge is 0.277 e. The highest BCUT2D eigenvalue weighted by atomic mass is 16.5. The van der Waals surface area contributed by atoms with E-state index in [2.05, 4.69) is 22.7 Å². The lowest BCUT2D eigenvalue weighted by Crippen LogP contribution is -2.25. The number of carbonyl (C=O) groups excluding carboxylic acids is 1. The summed E-state index contributed by atoms with van der Waals surface area (Å²) in [4.78, 5) is 11.5. The molecule has 19 heavy (non-hydrogen) atoms. The zero-order valence-electron chi connectivity index (χ0n) is 10.8. The zero-order chi connectivity index (χ0) is 13.3. The molecule has 0 aromatic heterocycles. The van der Waals surface area contributed by atoms with Gasteiger partial charge in [0.1, 0.15) is 5.75 Å². The number of carbonyl (C=O) groups is 1. The minimum atomic E-state index is -0.244. The number of hydrogen-bond acceptors (Lipinski definition) is 3. The third kappa shape index (κ3) is 4.95. The van der Waals surface area contributed by atoms with Crippen molar-refractivity contribution in [3.05, 3.63) is 42.5 Å². The first-order valence-electron chi connectivity index (χ1n) is 6.49. The van der Waals surface area contributed by atoms with Gasteiger partial charge in [-0.05, 0) is 37.3 Å². The number of nitrogens with zero attached hydrogens (tertiary/aromatic N) is 1. The summed E-state index contributed by atoms with van der Waals surface area (Å²) in [6.07, 6.45) is 9.32. The molecule has 0 fully saturated rings. The molecule has 0 heterocycles. The topological polar surface area (TPSA) is 50.7 Å². The highest BCUT2D eigenvalue weighted by molar-refractivity contribution is 5.78. The Labute approximate surface area is 113 Å². The van der Waals surface area contributed by atoms with Crippen LogP contribution in [0.4, 0.5) is 0 Å². The van der Waals surface area contributed by atoms with Gasteiger partial charge in [0.25, 0.3) is 5.91 Å². The number of para-hydroxylation sites is 1. The van der Waals surface area contributed by atoms with Gasteiger partial charge in [0.05, 0.1) is 0 Å². The fraction of sp³-hybridized carbons (Fsp3) is 0.333. The van der Waals surface area contributed by atoms with Crippen molar-refractivity contribution in [2.75, 3.05) is 6.61 Å². The van der Waals surface area contributed by atoms with Crippen molar-refractivity contribution in [2.45, 2.75) is 19.3 Å². The molecule has 4 heteroatoms. The van der Waals surface area contributed by atoms with Crippen LogP contribution in [0.5, 0.6) is 5.75 Å². The van der Waals surface area contributed by atoms with Crippen molar-refractivity contribution < 1.29 is 9.53 Å². The first kappa shape index (κ1) is 13.3. The monoisotopic (exact) mass is 258 g/mol. The summed E-state index contributed by atoms with van der Waals surface area (Å²) in [5, 5.41) is 3.97. The predicted octanol–water partition coefficient (Wildman–Crippen LogP) is 2.52. The van der Waals surface area contributed by atoms with Crippen LogP contribution in [0.25, 0.3) is 0 Å². The van der Waals surface area contributed by atoms with Crippen LogP contribution in [-0.2, 0) is 4.79 Å². The lowest BCUT2D eigenvalue weighted by molar-refractivity contribution is -0.123. The van der Waals surface area contributed by atoms with Crippen LogP contribution in [0.3, 0.4) is 0 Å². The Hall–Kier alpha value is -2.10. The van der Waals surface area contributed by atoms with Crippen LogP contribution in [0.1, 0.15) is 19.3 Å². The maximum atomic E-state index is 11.5. The van der Waals surface area contributed by atoms with Crippen LogP contribution >= 0.6 is 0 Å². The Morgan fingerprint density at radius 1 is 1.37 bits per heavy atom. The van der Waals surface area contributed by atoms with Crippen LogP contribution in [-0.4, -0.2) is 18.7 Å². The summed E-state index contributed by atoms with van der Waals surface area (Å²) in [5.74, 6) is 0.867. The molecule has 0 aliphatic heterocycles. The Morgan fingerprint density at radius 2 is 2.21 bits per heavy atom. The number of allylic oxidation sites excluding steroid dienone is 2. The zero-order valence-corrected chi connectivity index (χ0v) is 10.8. The Morgan fingerprint density at radius 3 is 2.95 bits per heavy atom. The predicted molar refractivity (Wildman–Crippen MR) is 75.1 cm³/mol. The van der Waals surface area contributed by atoms with Gasteiger partial charge in [-0.15, -0.1) is 0 Å². The van der Waals surface area contributed by atoms with Gasteiger partial charge >= 0.3 is 0 Å². The van der Waals surface area contributed by atoms with E-state index in [1.54, 1.807) is 0 Å². The molecule has 1 aliphatic carbocycles. The quantitative estimate of drug-likeness (QED) is 0.501. The van der Waals surface area contributed by atoms with Gasteiger partial charge in [-0.2, -0.15) is 5.10 Å². The number of hydrazone groups is 1. The molecule has 4 nitrogen and oxygen atoms in total. The second-order valence-corrected chi connectivity index (χ2v) is 4.46. The van der Waals surface area contributed by atoms with E-state index in [0.717, 1.165) is 19.3 Å². The van der Waals surface area contributed by atoms with Gasteiger partial charge in [-0.3, -0.25) is 4.79 Å². The maximum absolute atomic E-state index is 11.5. The van der Waals surface area contributed by atoms with Crippen molar-refractivity contribution in [2.24, 2.45) is 11.0 Å². The van der Waals surface area contributed by atoms with E-state index < -0.39 is 0 Å². The second-order valence-electron chi connectivity index (χ2n) is 4.46. The minimum absolute atomic E-state index is 0.0219. The lowest BCUT2D eigenvalue weighted by Gasteiger charge is -2.11. The number of ether oxygens (including phenoxy) is 1. The number of hydrogen-bond donors (Lipinski definition) is 1. The van der Waals surface area contributed by atoms with Crippen LogP contribution < -0.4 is 10.2 Å². The van der Waals surface area contributed by atoms with Crippen molar-refractivity contribution >= 4 is 12.1 Å². The maximum Gasteiger partial charge on any atom is 0.277 e. The standard InChI is InChI=1S/C15H18N2O2/c18-15(12-19-14-9-5-2-6-10-14)17-16-11-13-7-3-1-4-8-13/h1-3,5-6,9-11,13H,4,7-8,12H2,(H,17,18). The molecule has 0 saturated carbocycles. The first-order chi connectivity index (χ1) is 9.34.